The fourth-order valence-corrected chi connectivity index (χ4v) is 3.79. The Hall–Kier alpha value is -2.63. The van der Waals surface area contributed by atoms with Crippen LogP contribution in [0.15, 0.2) is 34.9 Å². The number of carbonyl (C=O) groups excluding carboxylic acids is 1. The SMILES string of the molecule is COc1cc(C(=O)N[C@@H]2CCCC[C@H]2Cc2ccco2)cc(OC)c1OC. The molecule has 27 heavy (non-hydrogen) atoms. The quantitative estimate of drug-likeness (QED) is 0.799. The molecule has 0 aliphatic heterocycles. The van der Waals surface area contributed by atoms with Crippen LogP contribution < -0.4 is 19.5 Å². The Morgan fingerprint density at radius 2 is 1.81 bits per heavy atom. The first-order chi connectivity index (χ1) is 13.2. The van der Waals surface area contributed by atoms with Gasteiger partial charge in [-0.25, -0.2) is 0 Å². The number of benzene rings is 1. The van der Waals surface area contributed by atoms with Gasteiger partial charge in [0.25, 0.3) is 5.91 Å². The highest BCUT2D eigenvalue weighted by atomic mass is 16.5. The molecule has 1 aliphatic carbocycles. The van der Waals surface area contributed by atoms with Crippen molar-refractivity contribution in [2.24, 2.45) is 5.92 Å². The minimum absolute atomic E-state index is 0.121. The van der Waals surface area contributed by atoms with Gasteiger partial charge in [-0.2, -0.15) is 0 Å². The molecule has 6 heteroatoms. The van der Waals surface area contributed by atoms with Crippen molar-refractivity contribution in [1.82, 2.24) is 5.32 Å². The minimum atomic E-state index is -0.134. The lowest BCUT2D eigenvalue weighted by Gasteiger charge is -2.32. The zero-order chi connectivity index (χ0) is 19.2. The van der Waals surface area contributed by atoms with Crippen LogP contribution in [0.3, 0.4) is 0 Å². The largest absolute Gasteiger partial charge is 0.493 e. The average molecular weight is 373 g/mol. The van der Waals surface area contributed by atoms with Crippen LogP contribution in [0.1, 0.15) is 41.8 Å². The average Bonchev–Trinajstić information content (AvgIpc) is 3.21. The number of hydrogen-bond acceptors (Lipinski definition) is 5. The molecule has 0 bridgehead atoms. The topological polar surface area (TPSA) is 69.9 Å². The van der Waals surface area contributed by atoms with Crippen LogP contribution in [0.25, 0.3) is 0 Å². The highest BCUT2D eigenvalue weighted by Gasteiger charge is 2.28. The van der Waals surface area contributed by atoms with Crippen LogP contribution in [0, 0.1) is 5.92 Å². The maximum absolute atomic E-state index is 12.9. The second kappa shape index (κ2) is 8.84. The Balaban J connectivity index is 1.76. The van der Waals surface area contributed by atoms with Crippen molar-refractivity contribution in [3.05, 3.63) is 41.9 Å². The molecule has 0 saturated heterocycles. The second-order valence-corrected chi connectivity index (χ2v) is 6.82. The lowest BCUT2D eigenvalue weighted by atomic mass is 9.81. The van der Waals surface area contributed by atoms with Crippen molar-refractivity contribution < 1.29 is 23.4 Å². The molecule has 1 N–H and O–H groups in total. The van der Waals surface area contributed by atoms with Gasteiger partial charge in [-0.1, -0.05) is 12.8 Å². The number of carbonyl (C=O) groups is 1. The number of methoxy groups -OCH3 is 3. The van der Waals surface area contributed by atoms with Crippen molar-refractivity contribution in [2.45, 2.75) is 38.1 Å². The monoisotopic (exact) mass is 373 g/mol. The third-order valence-electron chi connectivity index (χ3n) is 5.20. The smallest absolute Gasteiger partial charge is 0.251 e. The van der Waals surface area contributed by atoms with Crippen LogP contribution in [0.2, 0.25) is 0 Å². The maximum atomic E-state index is 12.9. The molecule has 1 aliphatic rings. The zero-order valence-electron chi connectivity index (χ0n) is 16.1. The van der Waals surface area contributed by atoms with E-state index in [1.165, 1.54) is 6.42 Å². The highest BCUT2D eigenvalue weighted by Crippen LogP contribution is 2.38. The zero-order valence-corrected chi connectivity index (χ0v) is 16.1. The summed E-state index contributed by atoms with van der Waals surface area (Å²) in [4.78, 5) is 12.9. The summed E-state index contributed by atoms with van der Waals surface area (Å²) in [5.74, 6) is 2.62. The Bertz CT molecular complexity index is 731. The first-order valence-electron chi connectivity index (χ1n) is 9.29. The third kappa shape index (κ3) is 4.38. The van der Waals surface area contributed by atoms with E-state index in [0.717, 1.165) is 31.4 Å². The summed E-state index contributed by atoms with van der Waals surface area (Å²) in [6.45, 7) is 0. The van der Waals surface area contributed by atoms with Gasteiger partial charge in [0.05, 0.1) is 27.6 Å². The Morgan fingerprint density at radius 1 is 1.11 bits per heavy atom. The van der Waals surface area contributed by atoms with Crippen molar-refractivity contribution >= 4 is 5.91 Å². The number of nitrogens with one attached hydrogen (secondary N) is 1. The number of furan rings is 1. The van der Waals surface area contributed by atoms with E-state index in [1.54, 1.807) is 39.7 Å². The molecular weight excluding hydrogens is 346 g/mol. The number of hydrogen-bond donors (Lipinski definition) is 1. The van der Waals surface area contributed by atoms with Gasteiger partial charge in [-0.3, -0.25) is 4.79 Å². The number of amides is 1. The maximum Gasteiger partial charge on any atom is 0.251 e. The molecule has 2 aromatic rings. The minimum Gasteiger partial charge on any atom is -0.493 e. The molecule has 1 heterocycles. The molecule has 6 nitrogen and oxygen atoms in total. The van der Waals surface area contributed by atoms with E-state index < -0.39 is 0 Å². The predicted molar refractivity (Wildman–Crippen MR) is 102 cm³/mol. The van der Waals surface area contributed by atoms with E-state index in [1.807, 2.05) is 12.1 Å². The number of rotatable bonds is 7. The van der Waals surface area contributed by atoms with Gasteiger partial charge in [0.1, 0.15) is 5.76 Å². The van der Waals surface area contributed by atoms with Crippen LogP contribution >= 0.6 is 0 Å². The molecule has 2 atom stereocenters. The molecule has 1 aromatic carbocycles. The lowest BCUT2D eigenvalue weighted by Crippen LogP contribution is -2.42. The summed E-state index contributed by atoms with van der Waals surface area (Å²) in [6.07, 6.45) is 6.90. The molecule has 1 aromatic heterocycles. The van der Waals surface area contributed by atoms with Crippen LogP contribution in [-0.2, 0) is 6.42 Å². The van der Waals surface area contributed by atoms with Crippen molar-refractivity contribution in [3.63, 3.8) is 0 Å². The summed E-state index contributed by atoms with van der Waals surface area (Å²) in [6, 6.07) is 7.38. The van der Waals surface area contributed by atoms with E-state index >= 15 is 0 Å². The molecule has 1 fully saturated rings. The van der Waals surface area contributed by atoms with Gasteiger partial charge in [-0.15, -0.1) is 0 Å². The van der Waals surface area contributed by atoms with Gasteiger partial charge in [0, 0.05) is 18.0 Å². The molecule has 0 radical (unpaired) electrons. The van der Waals surface area contributed by atoms with E-state index in [9.17, 15) is 4.79 Å². The molecule has 146 valence electrons. The van der Waals surface area contributed by atoms with Gasteiger partial charge < -0.3 is 23.9 Å². The summed E-state index contributed by atoms with van der Waals surface area (Å²) >= 11 is 0. The molecule has 1 saturated carbocycles. The molecule has 0 spiro atoms. The van der Waals surface area contributed by atoms with Crippen molar-refractivity contribution in [2.75, 3.05) is 21.3 Å². The van der Waals surface area contributed by atoms with Crippen molar-refractivity contribution in [1.29, 1.82) is 0 Å². The summed E-state index contributed by atoms with van der Waals surface area (Å²) in [7, 11) is 4.63. The Kier molecular flexibility index (Phi) is 6.27. The summed E-state index contributed by atoms with van der Waals surface area (Å²) < 4.78 is 21.5. The first kappa shape index (κ1) is 19.1. The molecule has 1 amide bonds. The van der Waals surface area contributed by atoms with Crippen LogP contribution in [0.4, 0.5) is 0 Å². The lowest BCUT2D eigenvalue weighted by molar-refractivity contribution is 0.0903. The fraction of sp³-hybridized carbons (Fsp3) is 0.476. The number of ether oxygens (including phenoxy) is 3. The molecular formula is C21H27NO5. The van der Waals surface area contributed by atoms with Gasteiger partial charge >= 0.3 is 0 Å². The van der Waals surface area contributed by atoms with E-state index in [-0.39, 0.29) is 11.9 Å². The van der Waals surface area contributed by atoms with Gasteiger partial charge in [0.2, 0.25) is 5.75 Å². The Morgan fingerprint density at radius 3 is 2.41 bits per heavy atom. The van der Waals surface area contributed by atoms with E-state index in [0.29, 0.717) is 28.7 Å². The molecule has 3 rings (SSSR count). The van der Waals surface area contributed by atoms with Gasteiger partial charge in [0.15, 0.2) is 11.5 Å². The highest BCUT2D eigenvalue weighted by molar-refractivity contribution is 5.95. The second-order valence-electron chi connectivity index (χ2n) is 6.82. The Labute approximate surface area is 159 Å². The first-order valence-corrected chi connectivity index (χ1v) is 9.29. The normalized spacial score (nSPS) is 19.4. The fourth-order valence-electron chi connectivity index (χ4n) is 3.79. The summed E-state index contributed by atoms with van der Waals surface area (Å²) in [5.41, 5.74) is 0.492. The van der Waals surface area contributed by atoms with E-state index in [4.69, 9.17) is 18.6 Å². The van der Waals surface area contributed by atoms with E-state index in [2.05, 4.69) is 5.32 Å². The molecule has 0 unspecified atom stereocenters. The third-order valence-corrected chi connectivity index (χ3v) is 5.20. The van der Waals surface area contributed by atoms with Gasteiger partial charge in [-0.05, 0) is 43.0 Å². The summed E-state index contributed by atoms with van der Waals surface area (Å²) in [5, 5.41) is 3.21. The predicted octanol–water partition coefficient (Wildman–Crippen LogP) is 3.84. The standard InChI is InChI=1S/C21H27NO5/c1-24-18-12-15(13-19(25-2)20(18)26-3)21(23)22-17-9-5-4-7-14(17)11-16-8-6-10-27-16/h6,8,10,12-14,17H,4-5,7,9,11H2,1-3H3,(H,22,23)/t14-,17+/m0/s1. The van der Waals surface area contributed by atoms with Crippen molar-refractivity contribution in [3.8, 4) is 17.2 Å². The van der Waals surface area contributed by atoms with Crippen LogP contribution in [0.5, 0.6) is 17.2 Å². The van der Waals surface area contributed by atoms with Crippen LogP contribution in [-0.4, -0.2) is 33.3 Å².